The maximum absolute atomic E-state index is 12.3. The normalized spacial score (nSPS) is 10.2. The second kappa shape index (κ2) is 7.79. The van der Waals surface area contributed by atoms with Gasteiger partial charge in [0, 0.05) is 16.6 Å². The van der Waals surface area contributed by atoms with Crippen molar-refractivity contribution in [2.45, 2.75) is 6.92 Å². The molecule has 0 saturated carbocycles. The minimum Gasteiger partial charge on any atom is -0.497 e. The lowest BCUT2D eigenvalue weighted by Gasteiger charge is -2.04. The van der Waals surface area contributed by atoms with Gasteiger partial charge in [-0.15, -0.1) is 11.3 Å². The zero-order chi connectivity index (χ0) is 18.5. The summed E-state index contributed by atoms with van der Waals surface area (Å²) < 4.78 is 5.07. The topological polar surface area (TPSA) is 80.3 Å². The summed E-state index contributed by atoms with van der Waals surface area (Å²) in [4.78, 5) is 28.7. The Balaban J connectivity index is 1.65. The molecule has 0 atom stereocenters. The number of rotatable bonds is 5. The minimum atomic E-state index is -0.322. The first-order valence-electron chi connectivity index (χ1n) is 7.84. The smallest absolute Gasteiger partial charge is 0.275 e. The summed E-state index contributed by atoms with van der Waals surface area (Å²) in [6, 6.07) is 14.2. The van der Waals surface area contributed by atoms with Crippen LogP contribution in [0, 0.1) is 6.92 Å². The van der Waals surface area contributed by atoms with Gasteiger partial charge >= 0.3 is 0 Å². The number of carbonyl (C=O) groups is 2. The summed E-state index contributed by atoms with van der Waals surface area (Å²) in [5.74, 6) is 0.0512. The number of hydrogen-bond acceptors (Lipinski definition) is 5. The highest BCUT2D eigenvalue weighted by molar-refractivity contribution is 7.14. The number of anilines is 2. The zero-order valence-corrected chi connectivity index (χ0v) is 15.1. The van der Waals surface area contributed by atoms with Crippen LogP contribution in [0.15, 0.2) is 53.9 Å². The van der Waals surface area contributed by atoms with E-state index in [2.05, 4.69) is 15.6 Å². The summed E-state index contributed by atoms with van der Waals surface area (Å²) >= 11 is 1.19. The largest absolute Gasteiger partial charge is 0.497 e. The molecule has 7 heteroatoms. The molecule has 2 N–H and O–H groups in total. The molecule has 1 aromatic heterocycles. The molecule has 0 aliphatic carbocycles. The first-order chi connectivity index (χ1) is 12.5. The zero-order valence-electron chi connectivity index (χ0n) is 14.3. The van der Waals surface area contributed by atoms with Crippen LogP contribution in [0.4, 0.5) is 10.8 Å². The van der Waals surface area contributed by atoms with E-state index in [0.717, 1.165) is 5.56 Å². The van der Waals surface area contributed by atoms with Gasteiger partial charge in [-0.05, 0) is 48.9 Å². The van der Waals surface area contributed by atoms with Crippen LogP contribution >= 0.6 is 11.3 Å². The molecule has 0 radical (unpaired) electrons. The standard InChI is InChI=1S/C19H17N3O3S/c1-12-4-3-5-14(10-12)20-18(24)16-11-26-19(21-16)22-17(23)13-6-8-15(25-2)9-7-13/h3-11H,1-2H3,(H,20,24)(H,21,22,23). The Bertz CT molecular complexity index is 935. The predicted octanol–water partition coefficient (Wildman–Crippen LogP) is 3.96. The number of nitrogens with zero attached hydrogens (tertiary/aromatic N) is 1. The number of aromatic nitrogens is 1. The molecule has 3 rings (SSSR count). The van der Waals surface area contributed by atoms with E-state index in [1.54, 1.807) is 36.8 Å². The highest BCUT2D eigenvalue weighted by Crippen LogP contribution is 2.19. The van der Waals surface area contributed by atoms with Gasteiger partial charge in [0.1, 0.15) is 11.4 Å². The highest BCUT2D eigenvalue weighted by atomic mass is 32.1. The average Bonchev–Trinajstić information content (AvgIpc) is 3.10. The molecule has 0 unspecified atom stereocenters. The molecule has 2 aromatic carbocycles. The van der Waals surface area contributed by atoms with Gasteiger partial charge in [-0.1, -0.05) is 12.1 Å². The fourth-order valence-corrected chi connectivity index (χ4v) is 2.95. The monoisotopic (exact) mass is 367 g/mol. The Morgan fingerprint density at radius 2 is 1.81 bits per heavy atom. The third-order valence-electron chi connectivity index (χ3n) is 3.59. The molecule has 0 aliphatic heterocycles. The Kier molecular flexibility index (Phi) is 5.28. The van der Waals surface area contributed by atoms with Crippen LogP contribution in [0.3, 0.4) is 0 Å². The van der Waals surface area contributed by atoms with Crippen molar-refractivity contribution in [3.63, 3.8) is 0 Å². The van der Waals surface area contributed by atoms with Crippen molar-refractivity contribution in [1.82, 2.24) is 4.98 Å². The van der Waals surface area contributed by atoms with Gasteiger partial charge < -0.3 is 10.1 Å². The lowest BCUT2D eigenvalue weighted by Crippen LogP contribution is -2.14. The van der Waals surface area contributed by atoms with E-state index in [4.69, 9.17) is 4.74 Å². The lowest BCUT2D eigenvalue weighted by molar-refractivity contribution is 0.101. The molecule has 0 fully saturated rings. The Morgan fingerprint density at radius 1 is 1.04 bits per heavy atom. The van der Waals surface area contributed by atoms with Crippen LogP contribution in [0.1, 0.15) is 26.4 Å². The van der Waals surface area contributed by atoms with E-state index >= 15 is 0 Å². The van der Waals surface area contributed by atoms with Crippen molar-refractivity contribution in [2.24, 2.45) is 0 Å². The summed E-state index contributed by atoms with van der Waals surface area (Å²) in [7, 11) is 1.56. The Hall–Kier alpha value is -3.19. The van der Waals surface area contributed by atoms with Crippen molar-refractivity contribution in [1.29, 1.82) is 0 Å². The summed E-state index contributed by atoms with van der Waals surface area (Å²) in [6.45, 7) is 1.95. The number of benzene rings is 2. The predicted molar refractivity (Wildman–Crippen MR) is 102 cm³/mol. The average molecular weight is 367 g/mol. The number of hydrogen-bond donors (Lipinski definition) is 2. The van der Waals surface area contributed by atoms with Crippen LogP contribution in [0.2, 0.25) is 0 Å². The van der Waals surface area contributed by atoms with Crippen LogP contribution in [-0.4, -0.2) is 23.9 Å². The Labute approximate surface area is 154 Å². The van der Waals surface area contributed by atoms with Crippen molar-refractivity contribution < 1.29 is 14.3 Å². The van der Waals surface area contributed by atoms with Crippen LogP contribution in [0.5, 0.6) is 5.75 Å². The first kappa shape index (κ1) is 17.6. The van der Waals surface area contributed by atoms with Crippen molar-refractivity contribution in [3.05, 3.63) is 70.7 Å². The number of carbonyl (C=O) groups excluding carboxylic acids is 2. The molecule has 0 aliphatic rings. The fourth-order valence-electron chi connectivity index (χ4n) is 2.27. The summed E-state index contributed by atoms with van der Waals surface area (Å²) in [5, 5.41) is 7.45. The van der Waals surface area contributed by atoms with Crippen molar-refractivity contribution >= 4 is 34.0 Å². The third kappa shape index (κ3) is 4.25. The highest BCUT2D eigenvalue weighted by Gasteiger charge is 2.14. The molecule has 132 valence electrons. The molecule has 6 nitrogen and oxygen atoms in total. The van der Waals surface area contributed by atoms with E-state index < -0.39 is 0 Å². The molecular weight excluding hydrogens is 350 g/mol. The summed E-state index contributed by atoms with van der Waals surface area (Å²) in [6.07, 6.45) is 0. The second-order valence-electron chi connectivity index (χ2n) is 5.54. The maximum atomic E-state index is 12.3. The van der Waals surface area contributed by atoms with Gasteiger partial charge in [-0.2, -0.15) is 0 Å². The number of nitrogens with one attached hydrogen (secondary N) is 2. The number of methoxy groups -OCH3 is 1. The minimum absolute atomic E-state index is 0.251. The molecule has 26 heavy (non-hydrogen) atoms. The van der Waals surface area contributed by atoms with Gasteiger partial charge in [0.2, 0.25) is 0 Å². The maximum Gasteiger partial charge on any atom is 0.275 e. The van der Waals surface area contributed by atoms with Crippen LogP contribution in [0.25, 0.3) is 0 Å². The molecule has 0 spiro atoms. The molecule has 1 heterocycles. The van der Waals surface area contributed by atoms with Gasteiger partial charge in [0.05, 0.1) is 7.11 Å². The number of ether oxygens (including phenoxy) is 1. The second-order valence-corrected chi connectivity index (χ2v) is 6.40. The number of aryl methyl sites for hydroxylation is 1. The number of amides is 2. The quantitative estimate of drug-likeness (QED) is 0.715. The first-order valence-corrected chi connectivity index (χ1v) is 8.72. The molecule has 2 amide bonds. The molecule has 0 saturated heterocycles. The molecular formula is C19H17N3O3S. The van der Waals surface area contributed by atoms with Crippen molar-refractivity contribution in [3.8, 4) is 5.75 Å². The van der Waals surface area contributed by atoms with Gasteiger partial charge in [0.25, 0.3) is 11.8 Å². The SMILES string of the molecule is COc1ccc(C(=O)Nc2nc(C(=O)Nc3cccc(C)c3)cs2)cc1. The molecule has 0 bridgehead atoms. The van der Waals surface area contributed by atoms with Gasteiger partial charge in [0.15, 0.2) is 5.13 Å². The van der Waals surface area contributed by atoms with E-state index in [0.29, 0.717) is 22.1 Å². The van der Waals surface area contributed by atoms with E-state index in [-0.39, 0.29) is 17.5 Å². The summed E-state index contributed by atoms with van der Waals surface area (Å²) in [5.41, 5.74) is 2.48. The van der Waals surface area contributed by atoms with Crippen molar-refractivity contribution in [2.75, 3.05) is 17.7 Å². The number of thiazole rings is 1. The fraction of sp³-hybridized carbons (Fsp3) is 0.105. The van der Waals surface area contributed by atoms with Gasteiger partial charge in [-0.3, -0.25) is 14.9 Å². The van der Waals surface area contributed by atoms with Crippen LogP contribution in [-0.2, 0) is 0 Å². The van der Waals surface area contributed by atoms with E-state index in [1.807, 2.05) is 31.2 Å². The van der Waals surface area contributed by atoms with E-state index in [1.165, 1.54) is 11.3 Å². The van der Waals surface area contributed by atoms with Crippen LogP contribution < -0.4 is 15.4 Å². The van der Waals surface area contributed by atoms with Gasteiger partial charge in [-0.25, -0.2) is 4.98 Å². The Morgan fingerprint density at radius 3 is 2.50 bits per heavy atom. The van der Waals surface area contributed by atoms with E-state index in [9.17, 15) is 9.59 Å². The molecule has 3 aromatic rings. The third-order valence-corrected chi connectivity index (χ3v) is 4.34. The lowest BCUT2D eigenvalue weighted by atomic mass is 10.2.